The lowest BCUT2D eigenvalue weighted by molar-refractivity contribution is -0.145. The summed E-state index contributed by atoms with van der Waals surface area (Å²) in [5, 5.41) is 6.27. The van der Waals surface area contributed by atoms with Crippen molar-refractivity contribution in [1.29, 1.82) is 0 Å². The molecule has 3 amide bonds. The van der Waals surface area contributed by atoms with Gasteiger partial charge in [-0.2, -0.15) is 0 Å². The van der Waals surface area contributed by atoms with Crippen LogP contribution in [0.1, 0.15) is 58.3 Å². The molecule has 0 aromatic heterocycles. The lowest BCUT2D eigenvalue weighted by Crippen LogP contribution is -2.56. The van der Waals surface area contributed by atoms with Gasteiger partial charge in [-0.3, -0.25) is 14.4 Å². The maximum absolute atomic E-state index is 13.6. The summed E-state index contributed by atoms with van der Waals surface area (Å²) in [6, 6.07) is -0.174. The van der Waals surface area contributed by atoms with Crippen LogP contribution in [-0.2, 0) is 19.1 Å². The predicted molar refractivity (Wildman–Crippen MR) is 104 cm³/mol. The minimum absolute atomic E-state index is 0.0805. The van der Waals surface area contributed by atoms with Crippen LogP contribution in [0.3, 0.4) is 0 Å². The van der Waals surface area contributed by atoms with Gasteiger partial charge in [-0.25, -0.2) is 0 Å². The summed E-state index contributed by atoms with van der Waals surface area (Å²) < 4.78 is 6.49. The van der Waals surface area contributed by atoms with E-state index in [1.807, 2.05) is 19.1 Å². The van der Waals surface area contributed by atoms with Crippen molar-refractivity contribution in [2.45, 2.75) is 93.7 Å². The van der Waals surface area contributed by atoms with Crippen molar-refractivity contribution in [3.8, 4) is 0 Å². The minimum atomic E-state index is -1.03. The Morgan fingerprint density at radius 2 is 1.66 bits per heavy atom. The molecule has 1 spiro atoms. The monoisotopic (exact) mass is 399 g/mol. The van der Waals surface area contributed by atoms with Gasteiger partial charge in [-0.15, -0.1) is 0 Å². The van der Waals surface area contributed by atoms with Crippen LogP contribution in [0.5, 0.6) is 0 Å². The Balaban J connectivity index is 1.36. The van der Waals surface area contributed by atoms with Gasteiger partial charge in [0.1, 0.15) is 11.6 Å². The number of likely N-dealkylation sites (tertiary alicyclic amines) is 1. The van der Waals surface area contributed by atoms with Crippen molar-refractivity contribution in [1.82, 2.24) is 15.5 Å². The number of rotatable bonds is 5. The number of nitrogens with zero attached hydrogens (tertiary/aromatic N) is 1. The zero-order valence-corrected chi connectivity index (χ0v) is 16.9. The molecule has 2 bridgehead atoms. The van der Waals surface area contributed by atoms with Crippen LogP contribution in [0.4, 0.5) is 0 Å². The van der Waals surface area contributed by atoms with Crippen LogP contribution >= 0.6 is 0 Å². The fraction of sp³-hybridized carbons (Fsp3) is 0.773. The fourth-order valence-electron chi connectivity index (χ4n) is 6.18. The third-order valence-corrected chi connectivity index (χ3v) is 7.83. The van der Waals surface area contributed by atoms with Gasteiger partial charge >= 0.3 is 0 Å². The average molecular weight is 399 g/mol. The maximum atomic E-state index is 13.6. The molecule has 2 N–H and O–H groups in total. The van der Waals surface area contributed by atoms with Gasteiger partial charge in [0, 0.05) is 18.1 Å². The van der Waals surface area contributed by atoms with Gasteiger partial charge in [-0.05, 0) is 45.4 Å². The van der Waals surface area contributed by atoms with Crippen LogP contribution in [0.25, 0.3) is 0 Å². The number of hydrogen-bond donors (Lipinski definition) is 2. The highest BCUT2D eigenvalue weighted by molar-refractivity contribution is 6.00. The Kier molecular flexibility index (Phi) is 3.61. The van der Waals surface area contributed by atoms with E-state index in [0.717, 1.165) is 51.4 Å². The molecule has 7 heteroatoms. The molecule has 5 atom stereocenters. The van der Waals surface area contributed by atoms with E-state index in [4.69, 9.17) is 4.74 Å². The summed E-state index contributed by atoms with van der Waals surface area (Å²) in [4.78, 5) is 42.0. The van der Waals surface area contributed by atoms with Crippen molar-refractivity contribution in [3.05, 3.63) is 12.2 Å². The highest BCUT2D eigenvalue weighted by Gasteiger charge is 2.77. The summed E-state index contributed by atoms with van der Waals surface area (Å²) in [6.45, 7) is 1.88. The molecule has 7 nitrogen and oxygen atoms in total. The second-order valence-electron chi connectivity index (χ2n) is 10.1. The molecular formula is C22H29N3O4. The minimum Gasteiger partial charge on any atom is -0.356 e. The SMILES string of the molecule is C[C@@]12C=C[C@@]3(O1)[C@H](C(=O)N(C1CC1)[C@H]3C(=O)NC1CCCC1)[C@H]2C(=O)NC1CC1. The number of amides is 3. The first-order valence-electron chi connectivity index (χ1n) is 11.3. The molecule has 0 aromatic rings. The van der Waals surface area contributed by atoms with E-state index >= 15 is 0 Å². The maximum Gasteiger partial charge on any atom is 0.246 e. The van der Waals surface area contributed by atoms with E-state index in [1.165, 1.54) is 0 Å². The molecule has 0 unspecified atom stereocenters. The predicted octanol–water partition coefficient (Wildman–Crippen LogP) is 1.03. The molecule has 3 saturated carbocycles. The van der Waals surface area contributed by atoms with Crippen LogP contribution in [0.2, 0.25) is 0 Å². The van der Waals surface area contributed by atoms with Crippen LogP contribution < -0.4 is 10.6 Å². The smallest absolute Gasteiger partial charge is 0.246 e. The Morgan fingerprint density at radius 1 is 1.00 bits per heavy atom. The third kappa shape index (κ3) is 2.49. The van der Waals surface area contributed by atoms with E-state index in [0.29, 0.717) is 0 Å². The molecular weight excluding hydrogens is 370 g/mol. The molecule has 5 fully saturated rings. The van der Waals surface area contributed by atoms with Gasteiger partial charge in [0.15, 0.2) is 0 Å². The molecule has 3 heterocycles. The second-order valence-corrected chi connectivity index (χ2v) is 10.1. The highest BCUT2D eigenvalue weighted by atomic mass is 16.5. The molecule has 0 radical (unpaired) electrons. The van der Waals surface area contributed by atoms with Gasteiger partial charge in [0.25, 0.3) is 0 Å². The van der Waals surface area contributed by atoms with Crippen molar-refractivity contribution in [3.63, 3.8) is 0 Å². The molecule has 3 aliphatic carbocycles. The number of ether oxygens (including phenoxy) is 1. The fourth-order valence-corrected chi connectivity index (χ4v) is 6.18. The van der Waals surface area contributed by atoms with E-state index in [1.54, 1.807) is 4.90 Å². The Labute approximate surface area is 170 Å². The van der Waals surface area contributed by atoms with Crippen molar-refractivity contribution in [2.24, 2.45) is 11.8 Å². The van der Waals surface area contributed by atoms with Gasteiger partial charge in [0.2, 0.25) is 17.7 Å². The highest BCUT2D eigenvalue weighted by Crippen LogP contribution is 2.61. The number of nitrogens with one attached hydrogen (secondary N) is 2. The Bertz CT molecular complexity index is 813. The largest absolute Gasteiger partial charge is 0.356 e. The Hall–Kier alpha value is -1.89. The lowest BCUT2D eigenvalue weighted by Gasteiger charge is -2.33. The average Bonchev–Trinajstić information content (AvgIpc) is 3.56. The van der Waals surface area contributed by atoms with E-state index < -0.39 is 29.1 Å². The van der Waals surface area contributed by atoms with Gasteiger partial charge < -0.3 is 20.3 Å². The van der Waals surface area contributed by atoms with Gasteiger partial charge in [-0.1, -0.05) is 25.0 Å². The molecule has 2 saturated heterocycles. The van der Waals surface area contributed by atoms with E-state index in [-0.39, 0.29) is 35.8 Å². The third-order valence-electron chi connectivity index (χ3n) is 7.83. The van der Waals surface area contributed by atoms with Crippen LogP contribution in [0, 0.1) is 11.8 Å². The standard InChI is InChI=1S/C22H29N3O4/c1-21-10-11-22(29-21)16(15(21)18(26)23-13-6-7-13)20(28)25(14-8-9-14)17(22)19(27)24-12-4-2-3-5-12/h10-17H,2-9H2,1H3,(H,23,26)(H,24,27)/t15-,16-,17-,21-,22+/m0/s1. The van der Waals surface area contributed by atoms with Crippen LogP contribution in [0.15, 0.2) is 12.2 Å². The number of hydrogen-bond acceptors (Lipinski definition) is 4. The summed E-state index contributed by atoms with van der Waals surface area (Å²) in [5.74, 6) is -1.49. The summed E-state index contributed by atoms with van der Waals surface area (Å²) in [5.41, 5.74) is -1.86. The summed E-state index contributed by atoms with van der Waals surface area (Å²) in [6.07, 6.45) is 11.9. The molecule has 156 valence electrons. The first kappa shape index (κ1) is 17.9. The van der Waals surface area contributed by atoms with Crippen LogP contribution in [-0.4, -0.2) is 58.0 Å². The molecule has 3 aliphatic heterocycles. The van der Waals surface area contributed by atoms with E-state index in [9.17, 15) is 14.4 Å². The van der Waals surface area contributed by atoms with Crippen molar-refractivity contribution in [2.75, 3.05) is 0 Å². The number of carbonyl (C=O) groups is 3. The summed E-state index contributed by atoms with van der Waals surface area (Å²) >= 11 is 0. The lowest BCUT2D eigenvalue weighted by atomic mass is 9.70. The normalized spacial score (nSPS) is 43.1. The van der Waals surface area contributed by atoms with Crippen molar-refractivity contribution < 1.29 is 19.1 Å². The molecule has 6 rings (SSSR count). The second kappa shape index (κ2) is 5.84. The zero-order chi connectivity index (χ0) is 20.0. The van der Waals surface area contributed by atoms with Gasteiger partial charge in [0.05, 0.1) is 17.4 Å². The Morgan fingerprint density at radius 3 is 2.31 bits per heavy atom. The van der Waals surface area contributed by atoms with E-state index in [2.05, 4.69) is 10.6 Å². The van der Waals surface area contributed by atoms with Crippen molar-refractivity contribution >= 4 is 17.7 Å². The topological polar surface area (TPSA) is 87.7 Å². The number of carbonyl (C=O) groups excluding carboxylic acids is 3. The molecule has 6 aliphatic rings. The first-order chi connectivity index (χ1) is 13.9. The zero-order valence-electron chi connectivity index (χ0n) is 16.9. The summed E-state index contributed by atoms with van der Waals surface area (Å²) in [7, 11) is 0. The number of fused-ring (bicyclic) bond motifs is 1. The first-order valence-corrected chi connectivity index (χ1v) is 11.3. The molecule has 0 aromatic carbocycles. The molecule has 29 heavy (non-hydrogen) atoms. The quantitative estimate of drug-likeness (QED) is 0.676.